The van der Waals surface area contributed by atoms with Gasteiger partial charge in [-0.3, -0.25) is 9.69 Å². The number of aromatic nitrogens is 2. The number of sulfonamides is 1. The fourth-order valence-corrected chi connectivity index (χ4v) is 6.80. The zero-order valence-corrected chi connectivity index (χ0v) is 20.7. The van der Waals surface area contributed by atoms with Gasteiger partial charge in [-0.2, -0.15) is 4.31 Å². The zero-order valence-electron chi connectivity index (χ0n) is 19.9. The number of ketones is 1. The summed E-state index contributed by atoms with van der Waals surface area (Å²) in [5.41, 5.74) is -0.157. The van der Waals surface area contributed by atoms with E-state index in [1.54, 1.807) is 17.7 Å². The van der Waals surface area contributed by atoms with Crippen molar-refractivity contribution in [3.05, 3.63) is 42.1 Å². The van der Waals surface area contributed by atoms with Crippen molar-refractivity contribution in [1.82, 2.24) is 18.8 Å². The number of ether oxygens (including phenoxy) is 1. The van der Waals surface area contributed by atoms with Gasteiger partial charge in [0.2, 0.25) is 0 Å². The van der Waals surface area contributed by atoms with E-state index < -0.39 is 15.8 Å². The van der Waals surface area contributed by atoms with Crippen LogP contribution in [0.4, 0.5) is 4.39 Å². The fourth-order valence-electron chi connectivity index (χ4n) is 5.41. The largest absolute Gasteiger partial charge is 0.496 e. The highest BCUT2D eigenvalue weighted by Gasteiger charge is 2.41. The van der Waals surface area contributed by atoms with Gasteiger partial charge in [-0.1, -0.05) is 25.3 Å². The summed E-state index contributed by atoms with van der Waals surface area (Å²) in [7, 11) is -0.442. The fraction of sp³-hybridized carbons (Fsp3) is 0.583. The summed E-state index contributed by atoms with van der Waals surface area (Å²) >= 11 is 0. The lowest BCUT2D eigenvalue weighted by Gasteiger charge is -2.49. The summed E-state index contributed by atoms with van der Waals surface area (Å²) in [5, 5.41) is 0.0697. The molecule has 8 nitrogen and oxygen atoms in total. The molecule has 0 unspecified atom stereocenters. The van der Waals surface area contributed by atoms with E-state index in [4.69, 9.17) is 4.74 Å². The monoisotopic (exact) mass is 492 g/mol. The second-order valence-electron chi connectivity index (χ2n) is 9.29. The number of hydrogen-bond donors (Lipinski definition) is 0. The molecular weight excluding hydrogens is 459 g/mol. The lowest BCUT2D eigenvalue weighted by atomic mass is 9.76. The molecule has 2 heterocycles. The first-order valence-electron chi connectivity index (χ1n) is 11.9. The number of Topliss-reactive ketones (excluding diaryl/α,β-unsaturated/α-hetero) is 1. The van der Waals surface area contributed by atoms with Gasteiger partial charge in [0.1, 0.15) is 11.6 Å². The van der Waals surface area contributed by atoms with Gasteiger partial charge >= 0.3 is 0 Å². The van der Waals surface area contributed by atoms with Crippen LogP contribution in [0.2, 0.25) is 0 Å². The molecule has 186 valence electrons. The van der Waals surface area contributed by atoms with Crippen molar-refractivity contribution in [3.8, 4) is 5.75 Å². The molecule has 10 heteroatoms. The number of carbonyl (C=O) groups is 1. The Bertz CT molecular complexity index is 1120. The number of halogens is 1. The molecule has 1 aromatic carbocycles. The van der Waals surface area contributed by atoms with Gasteiger partial charge in [-0.05, 0) is 31.4 Å². The predicted octanol–water partition coefficient (Wildman–Crippen LogP) is 3.24. The standard InChI is InChI=1S/C24H33FN4O4S/c1-27-17-22(26-18-27)34(31,32)29-15-13-28(14-16-29)24(10-4-3-5-11-24)12-9-20(30)23-19(25)7-6-8-21(23)33-2/h6-8,17-18H,3-5,9-16H2,1-2H3. The molecule has 1 aliphatic heterocycles. The third-order valence-electron chi connectivity index (χ3n) is 7.27. The van der Waals surface area contributed by atoms with Crippen LogP contribution in [0.15, 0.2) is 35.7 Å². The molecule has 0 bridgehead atoms. The van der Waals surface area contributed by atoms with E-state index in [1.807, 2.05) is 0 Å². The van der Waals surface area contributed by atoms with Crippen molar-refractivity contribution in [2.45, 2.75) is 55.5 Å². The average molecular weight is 493 g/mol. The van der Waals surface area contributed by atoms with Gasteiger partial charge in [0.15, 0.2) is 10.8 Å². The Kier molecular flexibility index (Phi) is 7.39. The minimum Gasteiger partial charge on any atom is -0.496 e. The highest BCUT2D eigenvalue weighted by molar-refractivity contribution is 7.89. The first kappa shape index (κ1) is 24.8. The molecular formula is C24H33FN4O4S. The second kappa shape index (κ2) is 10.1. The number of carbonyl (C=O) groups excluding carboxylic acids is 1. The molecule has 2 aliphatic rings. The number of rotatable bonds is 8. The Balaban J connectivity index is 1.46. The molecule has 4 rings (SSSR count). The van der Waals surface area contributed by atoms with E-state index >= 15 is 0 Å². The van der Waals surface area contributed by atoms with Crippen molar-refractivity contribution in [3.63, 3.8) is 0 Å². The predicted molar refractivity (Wildman–Crippen MR) is 126 cm³/mol. The van der Waals surface area contributed by atoms with E-state index in [9.17, 15) is 17.6 Å². The van der Waals surface area contributed by atoms with Crippen molar-refractivity contribution >= 4 is 15.8 Å². The third-order valence-corrected chi connectivity index (χ3v) is 9.06. The Labute approximate surface area is 200 Å². The van der Waals surface area contributed by atoms with E-state index in [0.717, 1.165) is 32.1 Å². The Morgan fingerprint density at radius 2 is 1.85 bits per heavy atom. The SMILES string of the molecule is COc1cccc(F)c1C(=O)CCC1(N2CCN(S(=O)(=O)c3cn(C)cn3)CC2)CCCCC1. The minimum absolute atomic E-state index is 0.0160. The Morgan fingerprint density at radius 3 is 2.47 bits per heavy atom. The van der Waals surface area contributed by atoms with Crippen LogP contribution in [0.3, 0.4) is 0 Å². The van der Waals surface area contributed by atoms with Crippen molar-refractivity contribution in [2.24, 2.45) is 7.05 Å². The molecule has 34 heavy (non-hydrogen) atoms. The third kappa shape index (κ3) is 4.89. The highest BCUT2D eigenvalue weighted by atomic mass is 32.2. The lowest BCUT2D eigenvalue weighted by molar-refractivity contribution is 0.0164. The summed E-state index contributed by atoms with van der Waals surface area (Å²) < 4.78 is 48.7. The molecule has 1 saturated heterocycles. The maximum atomic E-state index is 14.4. The molecule has 1 saturated carbocycles. The van der Waals surface area contributed by atoms with Crippen LogP contribution in [0, 0.1) is 5.82 Å². The minimum atomic E-state index is -3.62. The van der Waals surface area contributed by atoms with Crippen LogP contribution in [-0.4, -0.2) is 71.8 Å². The maximum absolute atomic E-state index is 14.4. The lowest BCUT2D eigenvalue weighted by Crippen LogP contribution is -2.58. The van der Waals surface area contributed by atoms with Gasteiger partial charge < -0.3 is 9.30 Å². The topological polar surface area (TPSA) is 84.7 Å². The molecule has 0 radical (unpaired) electrons. The number of hydrogen-bond acceptors (Lipinski definition) is 6. The summed E-state index contributed by atoms with van der Waals surface area (Å²) in [5.74, 6) is -0.553. The number of methoxy groups -OCH3 is 1. The molecule has 0 amide bonds. The van der Waals surface area contributed by atoms with Crippen LogP contribution in [0.1, 0.15) is 55.3 Å². The van der Waals surface area contributed by atoms with Crippen molar-refractivity contribution in [2.75, 3.05) is 33.3 Å². The molecule has 0 N–H and O–H groups in total. The number of nitrogens with zero attached hydrogens (tertiary/aromatic N) is 4. The van der Waals surface area contributed by atoms with E-state index in [1.165, 1.54) is 36.1 Å². The normalized spacial score (nSPS) is 19.7. The molecule has 2 fully saturated rings. The average Bonchev–Trinajstić information content (AvgIpc) is 3.30. The summed E-state index contributed by atoms with van der Waals surface area (Å²) in [6, 6.07) is 4.42. The summed E-state index contributed by atoms with van der Waals surface area (Å²) in [4.78, 5) is 19.4. The summed E-state index contributed by atoms with van der Waals surface area (Å²) in [6.45, 7) is 1.97. The van der Waals surface area contributed by atoms with Crippen molar-refractivity contribution in [1.29, 1.82) is 0 Å². The number of piperazine rings is 1. The quantitative estimate of drug-likeness (QED) is 0.526. The smallest absolute Gasteiger partial charge is 0.262 e. The van der Waals surface area contributed by atoms with Crippen molar-refractivity contribution < 1.29 is 22.3 Å². The molecule has 2 aromatic rings. The Morgan fingerprint density at radius 1 is 1.15 bits per heavy atom. The van der Waals surface area contributed by atoms with Crippen LogP contribution in [0.5, 0.6) is 5.75 Å². The van der Waals surface area contributed by atoms with Crippen LogP contribution >= 0.6 is 0 Å². The highest BCUT2D eigenvalue weighted by Crippen LogP contribution is 2.39. The van der Waals surface area contributed by atoms with E-state index in [-0.39, 0.29) is 34.1 Å². The zero-order chi connectivity index (χ0) is 24.3. The number of aryl methyl sites for hydroxylation is 1. The molecule has 1 aromatic heterocycles. The molecule has 0 spiro atoms. The van der Waals surface area contributed by atoms with Gasteiger partial charge in [-0.25, -0.2) is 17.8 Å². The second-order valence-corrected chi connectivity index (χ2v) is 11.2. The van der Waals surface area contributed by atoms with Gasteiger partial charge in [0.05, 0.1) is 19.0 Å². The van der Waals surface area contributed by atoms with Gasteiger partial charge in [0.25, 0.3) is 10.0 Å². The Hall–Kier alpha value is -2.30. The molecule has 1 aliphatic carbocycles. The summed E-state index contributed by atoms with van der Waals surface area (Å²) in [6.07, 6.45) is 9.08. The van der Waals surface area contributed by atoms with Gasteiger partial charge in [0, 0.05) is 51.4 Å². The molecule has 0 atom stereocenters. The van der Waals surface area contributed by atoms with Gasteiger partial charge in [-0.15, -0.1) is 0 Å². The number of benzene rings is 1. The first-order chi connectivity index (χ1) is 16.3. The first-order valence-corrected chi connectivity index (χ1v) is 13.3. The maximum Gasteiger partial charge on any atom is 0.262 e. The van der Waals surface area contributed by atoms with Crippen LogP contribution in [-0.2, 0) is 17.1 Å². The van der Waals surface area contributed by atoms with Crippen LogP contribution < -0.4 is 4.74 Å². The number of imidazole rings is 1. The van der Waals surface area contributed by atoms with E-state index in [2.05, 4.69) is 9.88 Å². The van der Waals surface area contributed by atoms with Crippen LogP contribution in [0.25, 0.3) is 0 Å². The van der Waals surface area contributed by atoms with E-state index in [0.29, 0.717) is 32.6 Å².